The zero-order valence-electron chi connectivity index (χ0n) is 6.56. The van der Waals surface area contributed by atoms with Crippen LogP contribution in [-0.2, 0) is 0 Å². The van der Waals surface area contributed by atoms with Crippen LogP contribution in [0.1, 0.15) is 39.5 Å². The largest absolute Gasteiger partial charge is 0.179 e. The van der Waals surface area contributed by atoms with Crippen molar-refractivity contribution in [2.45, 2.75) is 39.5 Å². The normalized spacial score (nSPS) is 13.7. The van der Waals surface area contributed by atoms with Gasteiger partial charge in [-0.25, -0.2) is 0 Å². The molecule has 1 atom stereocenters. The molecule has 0 aromatic heterocycles. The third-order valence-electron chi connectivity index (χ3n) is 1.80. The Hall–Kier alpha value is 0.350. The van der Waals surface area contributed by atoms with Gasteiger partial charge in [0.05, 0.1) is 0 Å². The van der Waals surface area contributed by atoms with Crippen LogP contribution in [0.25, 0.3) is 0 Å². The van der Waals surface area contributed by atoms with Crippen molar-refractivity contribution < 1.29 is 0 Å². The van der Waals surface area contributed by atoms with Gasteiger partial charge >= 0.3 is 0 Å². The summed E-state index contributed by atoms with van der Waals surface area (Å²) in [4.78, 5) is 0. The number of thiol groups is 1. The van der Waals surface area contributed by atoms with Gasteiger partial charge in [-0.1, -0.05) is 33.1 Å². The van der Waals surface area contributed by atoms with Crippen molar-refractivity contribution >= 4 is 12.6 Å². The Bertz CT molecular complexity index is 48.5. The molecule has 0 amide bonds. The number of hydrogen-bond acceptors (Lipinski definition) is 1. The van der Waals surface area contributed by atoms with Crippen LogP contribution >= 0.6 is 12.6 Å². The second-order valence-corrected chi connectivity index (χ2v) is 2.96. The van der Waals surface area contributed by atoms with Crippen LogP contribution in [0.15, 0.2) is 0 Å². The molecule has 0 aliphatic rings. The third-order valence-corrected chi connectivity index (χ3v) is 2.32. The minimum absolute atomic E-state index is 0.869. The lowest BCUT2D eigenvalue weighted by atomic mass is 10.0. The maximum absolute atomic E-state index is 4.27. The first-order valence-corrected chi connectivity index (χ1v) is 4.59. The average Bonchev–Trinajstić information content (AvgIpc) is 1.91. The Morgan fingerprint density at radius 3 is 2.33 bits per heavy atom. The van der Waals surface area contributed by atoms with Gasteiger partial charge in [-0.2, -0.15) is 12.6 Å². The first kappa shape index (κ1) is 9.35. The summed E-state index contributed by atoms with van der Waals surface area (Å²) < 4.78 is 0. The predicted molar refractivity (Wildman–Crippen MR) is 47.2 cm³/mol. The molecule has 0 saturated heterocycles. The van der Waals surface area contributed by atoms with Gasteiger partial charge < -0.3 is 0 Å². The molecule has 9 heavy (non-hydrogen) atoms. The van der Waals surface area contributed by atoms with Crippen molar-refractivity contribution in [1.82, 2.24) is 0 Å². The summed E-state index contributed by atoms with van der Waals surface area (Å²) in [5, 5.41) is 0. The van der Waals surface area contributed by atoms with Gasteiger partial charge in [-0.05, 0) is 18.1 Å². The molecule has 1 unspecified atom stereocenters. The van der Waals surface area contributed by atoms with E-state index >= 15 is 0 Å². The van der Waals surface area contributed by atoms with E-state index in [1.54, 1.807) is 0 Å². The summed E-state index contributed by atoms with van der Waals surface area (Å²) in [6.07, 6.45) is 5.36. The van der Waals surface area contributed by atoms with E-state index in [1.807, 2.05) is 0 Å². The molecule has 56 valence electrons. The second-order valence-electron chi connectivity index (χ2n) is 2.60. The fourth-order valence-electron chi connectivity index (χ4n) is 0.917. The van der Waals surface area contributed by atoms with Gasteiger partial charge in [0.1, 0.15) is 0 Å². The number of unbranched alkanes of at least 4 members (excludes halogenated alkanes) is 1. The fourth-order valence-corrected chi connectivity index (χ4v) is 1.36. The Labute approximate surface area is 64.4 Å². The van der Waals surface area contributed by atoms with E-state index in [0.29, 0.717) is 0 Å². The molecule has 0 N–H and O–H groups in total. The molecule has 0 spiro atoms. The molecular weight excluding hydrogens is 128 g/mol. The molecule has 0 aliphatic heterocycles. The lowest BCUT2D eigenvalue weighted by molar-refractivity contribution is 0.500. The summed E-state index contributed by atoms with van der Waals surface area (Å²) >= 11 is 4.27. The molecule has 0 saturated carbocycles. The standard InChI is InChI=1S/C8H18S/c1-3-5-6-8(4-2)7-9/h8-9H,3-7H2,1-2H3. The molecule has 0 aromatic carbocycles. The highest BCUT2D eigenvalue weighted by atomic mass is 32.1. The summed E-state index contributed by atoms with van der Waals surface area (Å²) in [6, 6.07) is 0. The zero-order chi connectivity index (χ0) is 7.11. The van der Waals surface area contributed by atoms with E-state index in [1.165, 1.54) is 25.7 Å². The van der Waals surface area contributed by atoms with E-state index in [0.717, 1.165) is 11.7 Å². The van der Waals surface area contributed by atoms with Crippen LogP contribution in [0.3, 0.4) is 0 Å². The van der Waals surface area contributed by atoms with Gasteiger partial charge in [0.25, 0.3) is 0 Å². The molecule has 0 nitrogen and oxygen atoms in total. The summed E-state index contributed by atoms with van der Waals surface area (Å²) in [5.74, 6) is 1.93. The minimum atomic E-state index is 0.869. The molecule has 1 heteroatoms. The predicted octanol–water partition coefficient (Wildman–Crippen LogP) is 3.13. The van der Waals surface area contributed by atoms with E-state index in [4.69, 9.17) is 0 Å². The van der Waals surface area contributed by atoms with Crippen molar-refractivity contribution in [3.63, 3.8) is 0 Å². The van der Waals surface area contributed by atoms with Gasteiger partial charge in [-0.15, -0.1) is 0 Å². The summed E-state index contributed by atoms with van der Waals surface area (Å²) in [6.45, 7) is 4.49. The van der Waals surface area contributed by atoms with Crippen LogP contribution in [0.4, 0.5) is 0 Å². The van der Waals surface area contributed by atoms with E-state index in [-0.39, 0.29) is 0 Å². The van der Waals surface area contributed by atoms with Crippen LogP contribution in [-0.4, -0.2) is 5.75 Å². The monoisotopic (exact) mass is 146 g/mol. The zero-order valence-corrected chi connectivity index (χ0v) is 7.45. The topological polar surface area (TPSA) is 0 Å². The van der Waals surface area contributed by atoms with E-state index in [9.17, 15) is 0 Å². The van der Waals surface area contributed by atoms with Crippen LogP contribution in [0.2, 0.25) is 0 Å². The van der Waals surface area contributed by atoms with Crippen molar-refractivity contribution in [2.24, 2.45) is 5.92 Å². The Morgan fingerprint density at radius 2 is 2.00 bits per heavy atom. The van der Waals surface area contributed by atoms with Crippen molar-refractivity contribution in [3.8, 4) is 0 Å². The summed E-state index contributed by atoms with van der Waals surface area (Å²) in [5.41, 5.74) is 0. The Morgan fingerprint density at radius 1 is 1.33 bits per heavy atom. The SMILES string of the molecule is CCCCC(CC)CS. The molecule has 0 bridgehead atoms. The Balaban J connectivity index is 3.09. The van der Waals surface area contributed by atoms with Gasteiger partial charge in [0, 0.05) is 0 Å². The van der Waals surface area contributed by atoms with Crippen molar-refractivity contribution in [2.75, 3.05) is 5.75 Å². The number of hydrogen-bond donors (Lipinski definition) is 1. The highest BCUT2D eigenvalue weighted by Crippen LogP contribution is 2.12. The average molecular weight is 146 g/mol. The lowest BCUT2D eigenvalue weighted by Crippen LogP contribution is -1.99. The first-order chi connectivity index (χ1) is 4.35. The summed E-state index contributed by atoms with van der Waals surface area (Å²) in [7, 11) is 0. The van der Waals surface area contributed by atoms with E-state index < -0.39 is 0 Å². The first-order valence-electron chi connectivity index (χ1n) is 3.96. The molecule has 0 aromatic rings. The minimum Gasteiger partial charge on any atom is -0.179 e. The third kappa shape index (κ3) is 4.83. The molecule has 0 heterocycles. The Kier molecular flexibility index (Phi) is 6.72. The molecule has 0 aliphatic carbocycles. The highest BCUT2D eigenvalue weighted by Gasteiger charge is 2.00. The van der Waals surface area contributed by atoms with Gasteiger partial charge in [0.2, 0.25) is 0 Å². The maximum atomic E-state index is 4.27. The highest BCUT2D eigenvalue weighted by molar-refractivity contribution is 7.80. The van der Waals surface area contributed by atoms with Crippen LogP contribution in [0, 0.1) is 5.92 Å². The van der Waals surface area contributed by atoms with Crippen LogP contribution in [0.5, 0.6) is 0 Å². The number of rotatable bonds is 5. The van der Waals surface area contributed by atoms with Crippen molar-refractivity contribution in [3.05, 3.63) is 0 Å². The maximum Gasteiger partial charge on any atom is -0.00696 e. The smallest absolute Gasteiger partial charge is 0.00696 e. The quantitative estimate of drug-likeness (QED) is 0.566. The molecule has 0 rings (SSSR count). The van der Waals surface area contributed by atoms with E-state index in [2.05, 4.69) is 26.5 Å². The molecule has 0 radical (unpaired) electrons. The molecular formula is C8H18S. The van der Waals surface area contributed by atoms with Gasteiger partial charge in [0.15, 0.2) is 0 Å². The fraction of sp³-hybridized carbons (Fsp3) is 1.00. The molecule has 0 fully saturated rings. The lowest BCUT2D eigenvalue weighted by Gasteiger charge is -2.09. The van der Waals surface area contributed by atoms with Crippen molar-refractivity contribution in [1.29, 1.82) is 0 Å². The van der Waals surface area contributed by atoms with Crippen LogP contribution < -0.4 is 0 Å². The van der Waals surface area contributed by atoms with Gasteiger partial charge in [-0.3, -0.25) is 0 Å². The second kappa shape index (κ2) is 6.47.